The summed E-state index contributed by atoms with van der Waals surface area (Å²) >= 11 is 0. The number of nitrogens with one attached hydrogen (secondary N) is 1. The molecule has 6 nitrogen and oxygen atoms in total. The normalized spacial score (nSPS) is 27.8. The highest BCUT2D eigenvalue weighted by Gasteiger charge is 2.35. The first-order valence-electron chi connectivity index (χ1n) is 7.32. The number of carbonyl (C=O) groups excluding carboxylic acids is 2. The van der Waals surface area contributed by atoms with Gasteiger partial charge in [0.2, 0.25) is 0 Å². The van der Waals surface area contributed by atoms with Crippen molar-refractivity contribution in [2.75, 3.05) is 26.7 Å². The highest BCUT2D eigenvalue weighted by atomic mass is 16.6. The number of fused-ring (bicyclic) bond motifs is 1. The molecule has 2 saturated heterocycles. The topological polar surface area (TPSA) is 67.9 Å². The van der Waals surface area contributed by atoms with Crippen LogP contribution in [0.15, 0.2) is 23.3 Å². The molecule has 6 heteroatoms. The van der Waals surface area contributed by atoms with Crippen molar-refractivity contribution in [2.45, 2.75) is 31.4 Å². The highest BCUT2D eigenvalue weighted by molar-refractivity contribution is 5.76. The van der Waals surface area contributed by atoms with Crippen LogP contribution in [0.4, 0.5) is 4.79 Å². The van der Waals surface area contributed by atoms with Gasteiger partial charge in [-0.05, 0) is 24.0 Å². The Hall–Kier alpha value is -1.82. The number of likely N-dealkylation sites (tertiary alicyclic amines) is 1. The number of carbonyl (C=O) groups is 2. The Labute approximate surface area is 123 Å². The maximum absolute atomic E-state index is 12.2. The second-order valence-electron chi connectivity index (χ2n) is 5.62. The summed E-state index contributed by atoms with van der Waals surface area (Å²) in [7, 11) is 1.36. The Morgan fingerprint density at radius 3 is 2.52 bits per heavy atom. The summed E-state index contributed by atoms with van der Waals surface area (Å²) in [6.07, 6.45) is 6.40. The maximum atomic E-state index is 12.2. The zero-order valence-electron chi connectivity index (χ0n) is 12.1. The monoisotopic (exact) mass is 292 g/mol. The van der Waals surface area contributed by atoms with Gasteiger partial charge in [0.25, 0.3) is 0 Å². The number of hydrogen-bond acceptors (Lipinski definition) is 5. The van der Waals surface area contributed by atoms with Gasteiger partial charge in [0.1, 0.15) is 12.1 Å². The zero-order chi connectivity index (χ0) is 14.8. The lowest BCUT2D eigenvalue weighted by Gasteiger charge is -2.18. The molecule has 0 saturated carbocycles. The van der Waals surface area contributed by atoms with Crippen molar-refractivity contribution >= 4 is 12.1 Å². The SMILES string of the molecule is COC(=O)C1C[C@@H](OC(=O)N2CC3=CCCC=C3C2)CN1. The minimum atomic E-state index is -0.376. The molecule has 2 heterocycles. The molecule has 1 unspecified atom stereocenters. The minimum absolute atomic E-state index is 0.271. The first-order valence-corrected chi connectivity index (χ1v) is 7.32. The van der Waals surface area contributed by atoms with Gasteiger partial charge < -0.3 is 14.8 Å². The molecule has 0 aromatic heterocycles. The van der Waals surface area contributed by atoms with Gasteiger partial charge in [-0.3, -0.25) is 9.69 Å². The average molecular weight is 292 g/mol. The van der Waals surface area contributed by atoms with E-state index in [9.17, 15) is 9.59 Å². The van der Waals surface area contributed by atoms with Gasteiger partial charge >= 0.3 is 12.1 Å². The van der Waals surface area contributed by atoms with Gasteiger partial charge in [-0.1, -0.05) is 12.2 Å². The van der Waals surface area contributed by atoms with E-state index in [1.165, 1.54) is 18.3 Å². The number of allylic oxidation sites excluding steroid dienone is 2. The Balaban J connectivity index is 1.53. The van der Waals surface area contributed by atoms with Crippen LogP contribution >= 0.6 is 0 Å². The van der Waals surface area contributed by atoms with Crippen molar-refractivity contribution in [3.8, 4) is 0 Å². The molecule has 1 amide bonds. The number of methoxy groups -OCH3 is 1. The third-order valence-corrected chi connectivity index (χ3v) is 4.18. The fraction of sp³-hybridized carbons (Fsp3) is 0.600. The number of amides is 1. The predicted molar refractivity (Wildman–Crippen MR) is 75.7 cm³/mol. The number of nitrogens with zero attached hydrogens (tertiary/aromatic N) is 1. The van der Waals surface area contributed by atoms with E-state index in [0.717, 1.165) is 12.8 Å². The molecule has 21 heavy (non-hydrogen) atoms. The first-order chi connectivity index (χ1) is 10.2. The van der Waals surface area contributed by atoms with Crippen molar-refractivity contribution < 1.29 is 19.1 Å². The lowest BCUT2D eigenvalue weighted by Crippen LogP contribution is -2.33. The molecular weight excluding hydrogens is 272 g/mol. The summed E-state index contributed by atoms with van der Waals surface area (Å²) in [4.78, 5) is 25.3. The van der Waals surface area contributed by atoms with Gasteiger partial charge in [-0.2, -0.15) is 0 Å². The lowest BCUT2D eigenvalue weighted by atomic mass is 10.0. The molecule has 0 aromatic carbocycles. The van der Waals surface area contributed by atoms with Crippen LogP contribution in [-0.4, -0.2) is 55.9 Å². The number of ether oxygens (including phenoxy) is 2. The molecular formula is C15H20N2O4. The summed E-state index contributed by atoms with van der Waals surface area (Å²) in [5, 5.41) is 3.01. The number of hydrogen-bond donors (Lipinski definition) is 1. The molecule has 3 aliphatic rings. The molecule has 0 bridgehead atoms. The Morgan fingerprint density at radius 1 is 1.24 bits per heavy atom. The van der Waals surface area contributed by atoms with Crippen molar-refractivity contribution in [1.82, 2.24) is 10.2 Å². The van der Waals surface area contributed by atoms with Crippen molar-refractivity contribution in [3.63, 3.8) is 0 Å². The zero-order valence-corrected chi connectivity index (χ0v) is 12.1. The molecule has 114 valence electrons. The van der Waals surface area contributed by atoms with Crippen LogP contribution in [0.25, 0.3) is 0 Å². The van der Waals surface area contributed by atoms with Gasteiger partial charge in [-0.15, -0.1) is 0 Å². The van der Waals surface area contributed by atoms with Crippen LogP contribution in [0.2, 0.25) is 0 Å². The second-order valence-corrected chi connectivity index (χ2v) is 5.62. The van der Waals surface area contributed by atoms with Crippen LogP contribution in [0.5, 0.6) is 0 Å². The molecule has 1 aliphatic carbocycles. The quantitative estimate of drug-likeness (QED) is 0.769. The predicted octanol–water partition coefficient (Wildman–Crippen LogP) is 0.989. The van der Waals surface area contributed by atoms with Gasteiger partial charge in [-0.25, -0.2) is 4.79 Å². The molecule has 2 fully saturated rings. The van der Waals surface area contributed by atoms with Crippen LogP contribution in [0.3, 0.4) is 0 Å². The molecule has 3 rings (SSSR count). The summed E-state index contributed by atoms with van der Waals surface area (Å²) in [6, 6.07) is -0.376. The molecule has 2 atom stereocenters. The van der Waals surface area contributed by atoms with Crippen LogP contribution < -0.4 is 5.32 Å². The van der Waals surface area contributed by atoms with E-state index in [2.05, 4.69) is 22.2 Å². The fourth-order valence-electron chi connectivity index (χ4n) is 3.04. The summed E-state index contributed by atoms with van der Waals surface area (Å²) in [5.41, 5.74) is 2.49. The standard InChI is InChI=1S/C15H20N2O4/c1-20-14(18)13-6-12(7-16-13)21-15(19)17-8-10-4-2-3-5-11(10)9-17/h4-5,12-13,16H,2-3,6-9H2,1H3/t12-,13?/m1/s1. The molecule has 0 radical (unpaired) electrons. The van der Waals surface area contributed by atoms with Crippen LogP contribution in [0, 0.1) is 0 Å². The summed E-state index contributed by atoms with van der Waals surface area (Å²) in [6.45, 7) is 1.75. The Morgan fingerprint density at radius 2 is 1.90 bits per heavy atom. The Bertz CT molecular complexity index is 490. The average Bonchev–Trinajstić information content (AvgIpc) is 3.12. The maximum Gasteiger partial charge on any atom is 0.410 e. The summed E-state index contributed by atoms with van der Waals surface area (Å²) in [5.74, 6) is -0.309. The van der Waals surface area contributed by atoms with E-state index < -0.39 is 0 Å². The molecule has 0 spiro atoms. The van der Waals surface area contributed by atoms with Crippen LogP contribution in [0.1, 0.15) is 19.3 Å². The molecule has 2 aliphatic heterocycles. The molecule has 0 aromatic rings. The van der Waals surface area contributed by atoms with E-state index in [0.29, 0.717) is 26.1 Å². The number of esters is 1. The highest BCUT2D eigenvalue weighted by Crippen LogP contribution is 2.27. The van der Waals surface area contributed by atoms with Gasteiger partial charge in [0.05, 0.1) is 7.11 Å². The lowest BCUT2D eigenvalue weighted by molar-refractivity contribution is -0.142. The van der Waals surface area contributed by atoms with Crippen molar-refractivity contribution in [2.24, 2.45) is 0 Å². The Kier molecular flexibility index (Phi) is 3.96. The van der Waals surface area contributed by atoms with Crippen molar-refractivity contribution in [3.05, 3.63) is 23.3 Å². The van der Waals surface area contributed by atoms with E-state index >= 15 is 0 Å². The molecule has 1 N–H and O–H groups in total. The summed E-state index contributed by atoms with van der Waals surface area (Å²) < 4.78 is 10.2. The van der Waals surface area contributed by atoms with E-state index in [4.69, 9.17) is 4.74 Å². The van der Waals surface area contributed by atoms with Gasteiger partial charge in [0, 0.05) is 26.1 Å². The smallest absolute Gasteiger partial charge is 0.410 e. The third kappa shape index (κ3) is 2.95. The first kappa shape index (κ1) is 14.1. The van der Waals surface area contributed by atoms with E-state index in [1.54, 1.807) is 4.90 Å². The largest absolute Gasteiger partial charge is 0.468 e. The number of rotatable bonds is 2. The second kappa shape index (κ2) is 5.89. The van der Waals surface area contributed by atoms with Crippen molar-refractivity contribution in [1.29, 1.82) is 0 Å². The third-order valence-electron chi connectivity index (χ3n) is 4.18. The van der Waals surface area contributed by atoms with Crippen LogP contribution in [-0.2, 0) is 14.3 Å². The van der Waals surface area contributed by atoms with Gasteiger partial charge in [0.15, 0.2) is 0 Å². The van der Waals surface area contributed by atoms with E-state index in [1.807, 2.05) is 0 Å². The fourth-order valence-corrected chi connectivity index (χ4v) is 3.04. The van der Waals surface area contributed by atoms with E-state index in [-0.39, 0.29) is 24.2 Å². The minimum Gasteiger partial charge on any atom is -0.468 e.